The number of hydrogen-bond acceptors (Lipinski definition) is 4. The Balaban J connectivity index is 1.58. The lowest BCUT2D eigenvalue weighted by molar-refractivity contribution is -0.149. The van der Waals surface area contributed by atoms with E-state index in [-0.39, 0.29) is 30.2 Å². The predicted octanol–water partition coefficient (Wildman–Crippen LogP) is 4.51. The highest BCUT2D eigenvalue weighted by Crippen LogP contribution is 2.28. The predicted molar refractivity (Wildman–Crippen MR) is 104 cm³/mol. The molecule has 2 aromatic carbocycles. The maximum absolute atomic E-state index is 13.5. The second-order valence-corrected chi connectivity index (χ2v) is 6.69. The van der Waals surface area contributed by atoms with Crippen molar-refractivity contribution < 1.29 is 23.1 Å². The molecule has 1 unspecified atom stereocenters. The number of benzene rings is 2. The Bertz CT molecular complexity index is 1020. The molecule has 0 saturated heterocycles. The highest BCUT2D eigenvalue weighted by Gasteiger charge is 2.24. The van der Waals surface area contributed by atoms with Crippen LogP contribution in [0.4, 0.5) is 8.78 Å². The van der Waals surface area contributed by atoms with Crippen LogP contribution in [0.1, 0.15) is 42.2 Å². The number of aromatic nitrogens is 2. The molecule has 1 aromatic heterocycles. The third kappa shape index (κ3) is 4.89. The van der Waals surface area contributed by atoms with E-state index in [1.165, 1.54) is 13.0 Å². The molecule has 0 bridgehead atoms. The van der Waals surface area contributed by atoms with Crippen LogP contribution >= 0.6 is 11.6 Å². The number of carbonyl (C=O) groups excluding carboxylic acids is 2. The summed E-state index contributed by atoms with van der Waals surface area (Å²) < 4.78 is 33.0. The molecule has 0 fully saturated rings. The van der Waals surface area contributed by atoms with Crippen LogP contribution in [0.5, 0.6) is 0 Å². The molecule has 29 heavy (non-hydrogen) atoms. The van der Waals surface area contributed by atoms with Gasteiger partial charge in [-0.2, -0.15) is 8.78 Å². The molecule has 3 aromatic rings. The number of halogens is 3. The van der Waals surface area contributed by atoms with E-state index in [2.05, 4.69) is 10.3 Å². The number of esters is 1. The number of rotatable bonds is 7. The fourth-order valence-electron chi connectivity index (χ4n) is 2.85. The van der Waals surface area contributed by atoms with E-state index in [1.807, 2.05) is 0 Å². The summed E-state index contributed by atoms with van der Waals surface area (Å²) >= 11 is 5.77. The van der Waals surface area contributed by atoms with E-state index in [1.54, 1.807) is 42.5 Å². The smallest absolute Gasteiger partial charge is 0.320 e. The lowest BCUT2D eigenvalue weighted by Crippen LogP contribution is -2.27. The minimum Gasteiger partial charge on any atom is -0.454 e. The minimum atomic E-state index is -2.82. The Morgan fingerprint density at radius 3 is 2.55 bits per heavy atom. The van der Waals surface area contributed by atoms with Gasteiger partial charge in [-0.1, -0.05) is 23.7 Å². The summed E-state index contributed by atoms with van der Waals surface area (Å²) in [6, 6.07) is 12.8. The minimum absolute atomic E-state index is 0.0400. The number of alkyl halides is 2. The lowest BCUT2D eigenvalue weighted by atomic mass is 10.2. The molecule has 9 heteroatoms. The number of hydrogen-bond donors (Lipinski definition) is 1. The summed E-state index contributed by atoms with van der Waals surface area (Å²) in [6.07, 6.45) is -1.09. The normalized spacial score (nSPS) is 12.2. The van der Waals surface area contributed by atoms with Crippen molar-refractivity contribution in [2.45, 2.75) is 26.0 Å². The van der Waals surface area contributed by atoms with Crippen molar-refractivity contribution in [1.82, 2.24) is 14.9 Å². The third-order valence-electron chi connectivity index (χ3n) is 4.21. The number of carbonyl (C=O) groups is 2. The van der Waals surface area contributed by atoms with E-state index in [0.29, 0.717) is 16.1 Å². The van der Waals surface area contributed by atoms with E-state index in [0.717, 1.165) is 4.57 Å². The van der Waals surface area contributed by atoms with Gasteiger partial charge in [-0.15, -0.1) is 0 Å². The molecule has 152 valence electrons. The van der Waals surface area contributed by atoms with Crippen LogP contribution in [0.2, 0.25) is 5.02 Å². The fraction of sp³-hybridized carbons (Fsp3) is 0.250. The Kier molecular flexibility index (Phi) is 6.43. The van der Waals surface area contributed by atoms with Crippen molar-refractivity contribution in [3.8, 4) is 0 Å². The molecule has 0 radical (unpaired) electrons. The highest BCUT2D eigenvalue weighted by molar-refractivity contribution is 6.30. The summed E-state index contributed by atoms with van der Waals surface area (Å²) in [5, 5.41) is 3.10. The first-order valence-corrected chi connectivity index (χ1v) is 9.23. The first-order chi connectivity index (χ1) is 13.9. The first kappa shape index (κ1) is 20.7. The van der Waals surface area contributed by atoms with Gasteiger partial charge in [0.1, 0.15) is 0 Å². The van der Waals surface area contributed by atoms with E-state index >= 15 is 0 Å². The molecule has 0 aliphatic heterocycles. The quantitative estimate of drug-likeness (QED) is 0.570. The summed E-state index contributed by atoms with van der Waals surface area (Å²) in [6.45, 7) is -1.31. The summed E-state index contributed by atoms with van der Waals surface area (Å²) in [7, 11) is 0. The number of nitrogens with zero attached hydrogens (tertiary/aromatic N) is 2. The molecule has 0 aliphatic carbocycles. The van der Waals surface area contributed by atoms with Gasteiger partial charge in [0.15, 0.2) is 11.9 Å². The Labute approximate surface area is 170 Å². The molecule has 1 N–H and O–H groups in total. The number of amides is 1. The molecular weight excluding hydrogens is 404 g/mol. The molecule has 1 heterocycles. The maximum atomic E-state index is 13.5. The second kappa shape index (κ2) is 9.00. The largest absolute Gasteiger partial charge is 0.454 e. The van der Waals surface area contributed by atoms with Gasteiger partial charge in [-0.25, -0.2) is 4.98 Å². The van der Waals surface area contributed by atoms with Crippen molar-refractivity contribution in [3.05, 3.63) is 64.9 Å². The van der Waals surface area contributed by atoms with Gasteiger partial charge in [0, 0.05) is 17.1 Å². The van der Waals surface area contributed by atoms with Gasteiger partial charge in [0.2, 0.25) is 0 Å². The van der Waals surface area contributed by atoms with Gasteiger partial charge in [-0.3, -0.25) is 14.2 Å². The van der Waals surface area contributed by atoms with E-state index in [9.17, 15) is 18.4 Å². The SMILES string of the molecule is CC(OC(=O)CCNC(=O)c1ccc(Cl)cc1)c1nc2ccccc2n1C(F)F. The standard InChI is InChI=1S/C20H18ClF2N3O3/c1-12(18-25-15-4-2-3-5-16(15)26(18)20(22)23)29-17(27)10-11-24-19(28)13-6-8-14(21)9-7-13/h2-9,12,20H,10-11H2,1H3,(H,24,28). The van der Waals surface area contributed by atoms with Crippen LogP contribution in [0.25, 0.3) is 11.0 Å². The van der Waals surface area contributed by atoms with Crippen molar-refractivity contribution in [3.63, 3.8) is 0 Å². The van der Waals surface area contributed by atoms with Gasteiger partial charge in [0.25, 0.3) is 5.91 Å². The molecule has 1 amide bonds. The molecule has 6 nitrogen and oxygen atoms in total. The molecule has 0 aliphatic rings. The van der Waals surface area contributed by atoms with Crippen molar-refractivity contribution >= 4 is 34.5 Å². The van der Waals surface area contributed by atoms with E-state index < -0.39 is 18.6 Å². The molecular formula is C20H18ClF2N3O3. The Hall–Kier alpha value is -3.00. The number of para-hydroxylation sites is 2. The van der Waals surface area contributed by atoms with Gasteiger partial charge >= 0.3 is 12.5 Å². The van der Waals surface area contributed by atoms with Crippen LogP contribution in [0, 0.1) is 0 Å². The van der Waals surface area contributed by atoms with Crippen LogP contribution in [0.3, 0.4) is 0 Å². The van der Waals surface area contributed by atoms with Gasteiger partial charge in [0.05, 0.1) is 17.5 Å². The molecule has 3 rings (SSSR count). The molecule has 0 spiro atoms. The average molecular weight is 422 g/mol. The highest BCUT2D eigenvalue weighted by atomic mass is 35.5. The van der Waals surface area contributed by atoms with Crippen LogP contribution < -0.4 is 5.32 Å². The zero-order valence-corrected chi connectivity index (χ0v) is 16.2. The van der Waals surface area contributed by atoms with E-state index in [4.69, 9.17) is 16.3 Å². The second-order valence-electron chi connectivity index (χ2n) is 6.25. The topological polar surface area (TPSA) is 73.2 Å². The number of fused-ring (bicyclic) bond motifs is 1. The zero-order chi connectivity index (χ0) is 21.0. The van der Waals surface area contributed by atoms with Crippen LogP contribution in [-0.4, -0.2) is 28.0 Å². The van der Waals surface area contributed by atoms with Crippen LogP contribution in [0.15, 0.2) is 48.5 Å². The van der Waals surface area contributed by atoms with Crippen molar-refractivity contribution in [2.75, 3.05) is 6.54 Å². The number of nitrogens with one attached hydrogen (secondary N) is 1. The van der Waals surface area contributed by atoms with Crippen molar-refractivity contribution in [1.29, 1.82) is 0 Å². The number of ether oxygens (including phenoxy) is 1. The summed E-state index contributed by atoms with van der Waals surface area (Å²) in [4.78, 5) is 28.2. The van der Waals surface area contributed by atoms with Crippen molar-refractivity contribution in [2.24, 2.45) is 0 Å². The Morgan fingerprint density at radius 1 is 1.17 bits per heavy atom. The van der Waals surface area contributed by atoms with Gasteiger partial charge in [-0.05, 0) is 43.3 Å². The fourth-order valence-corrected chi connectivity index (χ4v) is 2.97. The molecule has 0 saturated carbocycles. The third-order valence-corrected chi connectivity index (χ3v) is 4.46. The number of imidazole rings is 1. The van der Waals surface area contributed by atoms with Gasteiger partial charge < -0.3 is 10.1 Å². The monoisotopic (exact) mass is 421 g/mol. The summed E-state index contributed by atoms with van der Waals surface area (Å²) in [5.74, 6) is -1.04. The summed E-state index contributed by atoms with van der Waals surface area (Å²) in [5.41, 5.74) is 1.05. The Morgan fingerprint density at radius 2 is 1.86 bits per heavy atom. The van der Waals surface area contributed by atoms with Crippen LogP contribution in [-0.2, 0) is 9.53 Å². The molecule has 1 atom stereocenters. The zero-order valence-electron chi connectivity index (χ0n) is 15.4. The maximum Gasteiger partial charge on any atom is 0.320 e. The first-order valence-electron chi connectivity index (χ1n) is 8.85. The lowest BCUT2D eigenvalue weighted by Gasteiger charge is -2.15. The average Bonchev–Trinajstić information content (AvgIpc) is 3.08.